The van der Waals surface area contributed by atoms with Gasteiger partial charge < -0.3 is 5.32 Å². The standard InChI is InChI=1S/C13H21N3S2/c1-9(7-17-4)5-14-6-12-11(3)15-13-16(12)10(2)8-18-13/h8-9,14H,5-7H2,1-4H3. The van der Waals surface area contributed by atoms with Crippen LogP contribution in [0.2, 0.25) is 0 Å². The molecule has 100 valence electrons. The first-order valence-corrected chi connectivity index (χ1v) is 8.52. The Labute approximate surface area is 117 Å². The third-order valence-corrected chi connectivity index (χ3v) is 4.91. The Balaban J connectivity index is 2.03. The maximum atomic E-state index is 4.61. The van der Waals surface area contributed by atoms with Gasteiger partial charge in [0.2, 0.25) is 0 Å². The lowest BCUT2D eigenvalue weighted by Crippen LogP contribution is -2.23. The highest BCUT2D eigenvalue weighted by molar-refractivity contribution is 7.98. The van der Waals surface area contributed by atoms with Crippen LogP contribution in [0.3, 0.4) is 0 Å². The topological polar surface area (TPSA) is 29.3 Å². The third-order valence-electron chi connectivity index (χ3n) is 3.07. The molecule has 0 radical (unpaired) electrons. The molecule has 0 aliphatic heterocycles. The van der Waals surface area contributed by atoms with Gasteiger partial charge >= 0.3 is 0 Å². The minimum absolute atomic E-state index is 0.715. The Morgan fingerprint density at radius 2 is 2.28 bits per heavy atom. The van der Waals surface area contributed by atoms with Crippen molar-refractivity contribution in [2.45, 2.75) is 27.3 Å². The molecule has 0 spiro atoms. The summed E-state index contributed by atoms with van der Waals surface area (Å²) in [6, 6.07) is 0. The second-order valence-corrected chi connectivity index (χ2v) is 6.58. The zero-order chi connectivity index (χ0) is 13.1. The number of hydrogen-bond donors (Lipinski definition) is 1. The van der Waals surface area contributed by atoms with Crippen molar-refractivity contribution in [3.8, 4) is 0 Å². The summed E-state index contributed by atoms with van der Waals surface area (Å²) in [5.74, 6) is 1.93. The zero-order valence-electron chi connectivity index (χ0n) is 11.5. The van der Waals surface area contributed by atoms with E-state index in [0.717, 1.165) is 23.7 Å². The van der Waals surface area contributed by atoms with E-state index in [4.69, 9.17) is 0 Å². The lowest BCUT2D eigenvalue weighted by atomic mass is 10.2. The van der Waals surface area contributed by atoms with Crippen molar-refractivity contribution in [3.63, 3.8) is 0 Å². The molecule has 2 heterocycles. The summed E-state index contributed by atoms with van der Waals surface area (Å²) in [6.07, 6.45) is 2.16. The maximum absolute atomic E-state index is 4.61. The maximum Gasteiger partial charge on any atom is 0.194 e. The van der Waals surface area contributed by atoms with E-state index in [2.05, 4.69) is 47.1 Å². The average Bonchev–Trinajstić information content (AvgIpc) is 2.81. The largest absolute Gasteiger partial charge is 0.311 e. The normalized spacial score (nSPS) is 13.3. The van der Waals surface area contributed by atoms with Crippen molar-refractivity contribution in [2.75, 3.05) is 18.6 Å². The van der Waals surface area contributed by atoms with Gasteiger partial charge in [0.1, 0.15) is 0 Å². The highest BCUT2D eigenvalue weighted by Crippen LogP contribution is 2.20. The predicted molar refractivity (Wildman–Crippen MR) is 81.8 cm³/mol. The fourth-order valence-electron chi connectivity index (χ4n) is 2.16. The zero-order valence-corrected chi connectivity index (χ0v) is 13.1. The Kier molecular flexibility index (Phi) is 4.70. The van der Waals surface area contributed by atoms with Crippen molar-refractivity contribution in [3.05, 3.63) is 22.5 Å². The second-order valence-electron chi connectivity index (χ2n) is 4.83. The number of thioether (sulfide) groups is 1. The lowest BCUT2D eigenvalue weighted by Gasteiger charge is -2.11. The Morgan fingerprint density at radius 3 is 3.00 bits per heavy atom. The summed E-state index contributed by atoms with van der Waals surface area (Å²) < 4.78 is 2.27. The number of rotatable bonds is 6. The van der Waals surface area contributed by atoms with Crippen molar-refractivity contribution in [1.29, 1.82) is 0 Å². The van der Waals surface area contributed by atoms with Crippen molar-refractivity contribution < 1.29 is 0 Å². The fraction of sp³-hybridized carbons (Fsp3) is 0.615. The number of imidazole rings is 1. The molecule has 0 saturated heterocycles. The number of aryl methyl sites for hydroxylation is 2. The minimum atomic E-state index is 0.715. The van der Waals surface area contributed by atoms with Crippen LogP contribution < -0.4 is 5.32 Å². The molecule has 0 aliphatic carbocycles. The van der Waals surface area contributed by atoms with Crippen LogP contribution in [0.1, 0.15) is 24.0 Å². The molecule has 0 fully saturated rings. The molecule has 2 aromatic heterocycles. The summed E-state index contributed by atoms with van der Waals surface area (Å²) in [4.78, 5) is 5.72. The molecule has 2 aromatic rings. The van der Waals surface area contributed by atoms with E-state index in [0.29, 0.717) is 5.92 Å². The SMILES string of the molecule is CSCC(C)CNCc1c(C)nc2scc(C)n12. The number of nitrogens with one attached hydrogen (secondary N) is 1. The number of nitrogens with zero attached hydrogens (tertiary/aromatic N) is 2. The van der Waals surface area contributed by atoms with Gasteiger partial charge in [0.15, 0.2) is 4.96 Å². The number of hydrogen-bond acceptors (Lipinski definition) is 4. The summed E-state index contributed by atoms with van der Waals surface area (Å²) in [7, 11) is 0. The Bertz CT molecular complexity index is 516. The Hall–Kier alpha value is -0.520. The Morgan fingerprint density at radius 1 is 1.50 bits per heavy atom. The highest BCUT2D eigenvalue weighted by Gasteiger charge is 2.11. The molecule has 3 nitrogen and oxygen atoms in total. The number of thiazole rings is 1. The molecule has 0 saturated carbocycles. The van der Waals surface area contributed by atoms with Crippen molar-refractivity contribution >= 4 is 28.1 Å². The molecule has 18 heavy (non-hydrogen) atoms. The molecule has 0 aliphatic rings. The molecule has 5 heteroatoms. The molecule has 0 aromatic carbocycles. The van der Waals surface area contributed by atoms with E-state index in [1.807, 2.05) is 11.8 Å². The summed E-state index contributed by atoms with van der Waals surface area (Å²) >= 11 is 3.63. The van der Waals surface area contributed by atoms with Crippen molar-refractivity contribution in [1.82, 2.24) is 14.7 Å². The van der Waals surface area contributed by atoms with Gasteiger partial charge in [-0.15, -0.1) is 11.3 Å². The van der Waals surface area contributed by atoms with E-state index in [1.54, 1.807) is 11.3 Å². The van der Waals surface area contributed by atoms with Gasteiger partial charge in [-0.2, -0.15) is 11.8 Å². The van der Waals surface area contributed by atoms with E-state index < -0.39 is 0 Å². The first-order chi connectivity index (χ1) is 8.63. The molecular weight excluding hydrogens is 262 g/mol. The molecule has 0 bridgehead atoms. The van der Waals surface area contributed by atoms with Crippen LogP contribution in [0, 0.1) is 19.8 Å². The fourth-order valence-corrected chi connectivity index (χ4v) is 3.77. The molecule has 0 amide bonds. The summed E-state index contributed by atoms with van der Waals surface area (Å²) in [5, 5.41) is 5.72. The van der Waals surface area contributed by atoms with E-state index in [1.165, 1.54) is 17.1 Å². The predicted octanol–water partition coefficient (Wildman–Crippen LogP) is 3.10. The smallest absolute Gasteiger partial charge is 0.194 e. The molecule has 1 unspecified atom stereocenters. The van der Waals surface area contributed by atoms with E-state index in [-0.39, 0.29) is 0 Å². The van der Waals surface area contributed by atoms with Gasteiger partial charge in [-0.05, 0) is 38.3 Å². The molecule has 1 atom stereocenters. The van der Waals surface area contributed by atoms with Gasteiger partial charge in [-0.25, -0.2) is 4.98 Å². The van der Waals surface area contributed by atoms with Gasteiger partial charge in [-0.1, -0.05) is 6.92 Å². The van der Waals surface area contributed by atoms with Crippen LogP contribution in [0.25, 0.3) is 4.96 Å². The number of fused-ring (bicyclic) bond motifs is 1. The van der Waals surface area contributed by atoms with Gasteiger partial charge in [-0.3, -0.25) is 4.40 Å². The van der Waals surface area contributed by atoms with E-state index in [9.17, 15) is 0 Å². The molecule has 2 rings (SSSR count). The third kappa shape index (κ3) is 2.90. The van der Waals surface area contributed by atoms with Gasteiger partial charge in [0, 0.05) is 17.6 Å². The lowest BCUT2D eigenvalue weighted by molar-refractivity contribution is 0.552. The monoisotopic (exact) mass is 283 g/mol. The quantitative estimate of drug-likeness (QED) is 0.883. The van der Waals surface area contributed by atoms with Crippen molar-refractivity contribution in [2.24, 2.45) is 5.92 Å². The van der Waals surface area contributed by atoms with Crippen LogP contribution in [-0.2, 0) is 6.54 Å². The van der Waals surface area contributed by atoms with Crippen LogP contribution in [-0.4, -0.2) is 27.9 Å². The first-order valence-electron chi connectivity index (χ1n) is 6.25. The summed E-state index contributed by atoms with van der Waals surface area (Å²) in [6.45, 7) is 8.50. The highest BCUT2D eigenvalue weighted by atomic mass is 32.2. The molecule has 1 N–H and O–H groups in total. The van der Waals surface area contributed by atoms with Crippen LogP contribution in [0.4, 0.5) is 0 Å². The summed E-state index contributed by atoms with van der Waals surface area (Å²) in [5.41, 5.74) is 3.74. The second kappa shape index (κ2) is 6.08. The van der Waals surface area contributed by atoms with Gasteiger partial charge in [0.25, 0.3) is 0 Å². The minimum Gasteiger partial charge on any atom is -0.311 e. The first kappa shape index (κ1) is 13.9. The van der Waals surface area contributed by atoms with E-state index >= 15 is 0 Å². The van der Waals surface area contributed by atoms with Crippen LogP contribution in [0.5, 0.6) is 0 Å². The average molecular weight is 283 g/mol. The molecular formula is C13H21N3S2. The van der Waals surface area contributed by atoms with Crippen LogP contribution in [0.15, 0.2) is 5.38 Å². The number of aromatic nitrogens is 2. The van der Waals surface area contributed by atoms with Gasteiger partial charge in [0.05, 0.1) is 11.4 Å². The van der Waals surface area contributed by atoms with Crippen LogP contribution >= 0.6 is 23.1 Å².